The predicted octanol–water partition coefficient (Wildman–Crippen LogP) is 3.60. The average Bonchev–Trinajstić information content (AvgIpc) is 3.15. The standard InChI is InChI=1S/C22H21ClFN5O/c1-14-26-21(28-27-14)8-9-25-12-17-10-15-6-7-18(24)11-20(15)29(22(17)30)13-16-4-2-3-5-19(16)23/h2-7,10-11,25H,8-9,12-13H2,1H3,(H,26,27,28). The summed E-state index contributed by atoms with van der Waals surface area (Å²) in [4.78, 5) is 17.5. The van der Waals surface area contributed by atoms with Gasteiger partial charge < -0.3 is 9.88 Å². The number of halogens is 2. The zero-order chi connectivity index (χ0) is 21.1. The molecule has 30 heavy (non-hydrogen) atoms. The Morgan fingerprint density at radius 3 is 2.77 bits per heavy atom. The van der Waals surface area contributed by atoms with Crippen molar-refractivity contribution >= 4 is 22.5 Å². The van der Waals surface area contributed by atoms with Gasteiger partial charge in [0.1, 0.15) is 11.6 Å². The lowest BCUT2D eigenvalue weighted by molar-refractivity contribution is 0.627. The molecule has 0 spiro atoms. The molecule has 2 aromatic carbocycles. The van der Waals surface area contributed by atoms with Crippen LogP contribution in [0.5, 0.6) is 0 Å². The molecular weight excluding hydrogens is 405 g/mol. The van der Waals surface area contributed by atoms with E-state index >= 15 is 0 Å². The van der Waals surface area contributed by atoms with Crippen molar-refractivity contribution < 1.29 is 4.39 Å². The van der Waals surface area contributed by atoms with Crippen LogP contribution in [0, 0.1) is 12.7 Å². The van der Waals surface area contributed by atoms with Crippen LogP contribution in [-0.4, -0.2) is 26.3 Å². The van der Waals surface area contributed by atoms with Crippen LogP contribution in [0.1, 0.15) is 22.8 Å². The minimum atomic E-state index is -0.387. The van der Waals surface area contributed by atoms with Crippen LogP contribution in [0.3, 0.4) is 0 Å². The van der Waals surface area contributed by atoms with Gasteiger partial charge in [-0.2, -0.15) is 5.10 Å². The molecule has 0 aliphatic rings. The van der Waals surface area contributed by atoms with Gasteiger partial charge in [0.15, 0.2) is 5.82 Å². The first-order valence-electron chi connectivity index (χ1n) is 9.65. The summed E-state index contributed by atoms with van der Waals surface area (Å²) < 4.78 is 15.5. The molecule has 0 amide bonds. The van der Waals surface area contributed by atoms with E-state index in [0.717, 1.165) is 22.6 Å². The smallest absolute Gasteiger partial charge is 0.255 e. The molecule has 0 fully saturated rings. The summed E-state index contributed by atoms with van der Waals surface area (Å²) in [5.74, 6) is 1.11. The molecule has 154 valence electrons. The summed E-state index contributed by atoms with van der Waals surface area (Å²) in [5, 5.41) is 11.6. The largest absolute Gasteiger partial charge is 0.312 e. The van der Waals surface area contributed by atoms with Gasteiger partial charge in [0, 0.05) is 30.1 Å². The second-order valence-electron chi connectivity index (χ2n) is 7.12. The molecule has 8 heteroatoms. The van der Waals surface area contributed by atoms with Crippen LogP contribution < -0.4 is 10.9 Å². The number of nitrogens with one attached hydrogen (secondary N) is 2. The third kappa shape index (κ3) is 4.42. The molecule has 0 radical (unpaired) electrons. The highest BCUT2D eigenvalue weighted by Gasteiger charge is 2.12. The zero-order valence-electron chi connectivity index (χ0n) is 16.5. The lowest BCUT2D eigenvalue weighted by Gasteiger charge is -2.14. The van der Waals surface area contributed by atoms with E-state index < -0.39 is 0 Å². The van der Waals surface area contributed by atoms with Crippen molar-refractivity contribution in [1.82, 2.24) is 25.1 Å². The molecular formula is C22H21ClFN5O. The van der Waals surface area contributed by atoms with Crippen LogP contribution in [0.2, 0.25) is 5.02 Å². The molecule has 0 saturated heterocycles. The SMILES string of the molecule is Cc1nc(CCNCc2cc3ccc(F)cc3n(Cc3ccccc3Cl)c2=O)n[nH]1. The van der Waals surface area contributed by atoms with Crippen molar-refractivity contribution in [3.8, 4) is 0 Å². The van der Waals surface area contributed by atoms with E-state index in [1.165, 1.54) is 12.1 Å². The van der Waals surface area contributed by atoms with Gasteiger partial charge in [-0.3, -0.25) is 9.89 Å². The summed E-state index contributed by atoms with van der Waals surface area (Å²) in [6, 6.07) is 13.6. The van der Waals surface area contributed by atoms with E-state index in [0.29, 0.717) is 35.6 Å². The Hall–Kier alpha value is -3.03. The highest BCUT2D eigenvalue weighted by molar-refractivity contribution is 6.31. The van der Waals surface area contributed by atoms with E-state index in [1.807, 2.05) is 31.2 Å². The summed E-state index contributed by atoms with van der Waals surface area (Å²) in [5.41, 5.74) is 1.78. The highest BCUT2D eigenvalue weighted by Crippen LogP contribution is 2.20. The monoisotopic (exact) mass is 425 g/mol. The molecule has 0 unspecified atom stereocenters. The number of aromatic nitrogens is 4. The third-order valence-corrected chi connectivity index (χ3v) is 5.27. The van der Waals surface area contributed by atoms with Crippen molar-refractivity contribution in [3.05, 3.63) is 92.5 Å². The van der Waals surface area contributed by atoms with Crippen molar-refractivity contribution in [2.75, 3.05) is 6.54 Å². The number of pyridine rings is 1. The summed E-state index contributed by atoms with van der Waals surface area (Å²) in [6.07, 6.45) is 0.650. The van der Waals surface area contributed by atoms with E-state index in [4.69, 9.17) is 11.6 Å². The number of hydrogen-bond donors (Lipinski definition) is 2. The van der Waals surface area contributed by atoms with Crippen LogP contribution in [0.15, 0.2) is 53.3 Å². The fourth-order valence-electron chi connectivity index (χ4n) is 3.41. The second kappa shape index (κ2) is 8.77. The minimum absolute atomic E-state index is 0.172. The fraction of sp³-hybridized carbons (Fsp3) is 0.227. The van der Waals surface area contributed by atoms with Gasteiger partial charge in [-0.05, 0) is 48.2 Å². The molecule has 4 rings (SSSR count). The van der Waals surface area contributed by atoms with Gasteiger partial charge in [-0.25, -0.2) is 9.37 Å². The lowest BCUT2D eigenvalue weighted by Crippen LogP contribution is -2.29. The van der Waals surface area contributed by atoms with Gasteiger partial charge >= 0.3 is 0 Å². The summed E-state index contributed by atoms with van der Waals surface area (Å²) in [7, 11) is 0. The molecule has 2 N–H and O–H groups in total. The quantitative estimate of drug-likeness (QED) is 0.443. The number of rotatable bonds is 7. The molecule has 6 nitrogen and oxygen atoms in total. The first-order valence-corrected chi connectivity index (χ1v) is 10.0. The maximum Gasteiger partial charge on any atom is 0.255 e. The summed E-state index contributed by atoms with van der Waals surface area (Å²) >= 11 is 6.29. The van der Waals surface area contributed by atoms with Gasteiger partial charge in [0.25, 0.3) is 5.56 Å². The van der Waals surface area contributed by atoms with E-state index in [9.17, 15) is 9.18 Å². The average molecular weight is 426 g/mol. The Bertz CT molecular complexity index is 1250. The predicted molar refractivity (Wildman–Crippen MR) is 115 cm³/mol. The molecule has 0 aliphatic heterocycles. The topological polar surface area (TPSA) is 75.6 Å². The zero-order valence-corrected chi connectivity index (χ0v) is 17.2. The van der Waals surface area contributed by atoms with Crippen molar-refractivity contribution in [3.63, 3.8) is 0 Å². The first-order chi connectivity index (χ1) is 14.5. The number of fused-ring (bicyclic) bond motifs is 1. The Morgan fingerprint density at radius 1 is 1.17 bits per heavy atom. The van der Waals surface area contributed by atoms with E-state index in [-0.39, 0.29) is 17.9 Å². The molecule has 2 aromatic heterocycles. The highest BCUT2D eigenvalue weighted by atomic mass is 35.5. The van der Waals surface area contributed by atoms with E-state index in [2.05, 4.69) is 20.5 Å². The minimum Gasteiger partial charge on any atom is -0.312 e. The van der Waals surface area contributed by atoms with Crippen LogP contribution >= 0.6 is 11.6 Å². The Morgan fingerprint density at radius 2 is 2.00 bits per heavy atom. The maximum atomic E-state index is 13.9. The van der Waals surface area contributed by atoms with Gasteiger partial charge in [0.05, 0.1) is 12.1 Å². The molecule has 0 bridgehead atoms. The number of benzene rings is 2. The lowest BCUT2D eigenvalue weighted by atomic mass is 10.1. The van der Waals surface area contributed by atoms with Crippen LogP contribution in [0.25, 0.3) is 10.9 Å². The third-order valence-electron chi connectivity index (χ3n) is 4.90. The number of aryl methyl sites for hydroxylation is 1. The van der Waals surface area contributed by atoms with Gasteiger partial charge in [-0.15, -0.1) is 0 Å². The van der Waals surface area contributed by atoms with Gasteiger partial charge in [-0.1, -0.05) is 29.8 Å². The Kier molecular flexibility index (Phi) is 5.92. The first kappa shape index (κ1) is 20.3. The van der Waals surface area contributed by atoms with Crippen molar-refractivity contribution in [2.45, 2.75) is 26.4 Å². The van der Waals surface area contributed by atoms with Crippen molar-refractivity contribution in [2.24, 2.45) is 0 Å². The fourth-order valence-corrected chi connectivity index (χ4v) is 3.60. The van der Waals surface area contributed by atoms with Crippen molar-refractivity contribution in [1.29, 1.82) is 0 Å². The number of aromatic amines is 1. The number of nitrogens with zero attached hydrogens (tertiary/aromatic N) is 3. The molecule has 4 aromatic rings. The number of H-pyrrole nitrogens is 1. The molecule has 2 heterocycles. The Balaban J connectivity index is 1.61. The molecule has 0 aliphatic carbocycles. The normalized spacial score (nSPS) is 11.3. The van der Waals surface area contributed by atoms with E-state index in [1.54, 1.807) is 16.7 Å². The second-order valence-corrected chi connectivity index (χ2v) is 7.53. The Labute approximate surface area is 177 Å². The van der Waals surface area contributed by atoms with Crippen LogP contribution in [0.4, 0.5) is 4.39 Å². The maximum absolute atomic E-state index is 13.9. The summed E-state index contributed by atoms with van der Waals surface area (Å²) in [6.45, 7) is 3.13. The molecule has 0 saturated carbocycles. The van der Waals surface area contributed by atoms with Crippen LogP contribution in [-0.2, 0) is 19.5 Å². The van der Waals surface area contributed by atoms with Gasteiger partial charge in [0.2, 0.25) is 0 Å². The number of hydrogen-bond acceptors (Lipinski definition) is 4. The molecule has 0 atom stereocenters.